The second kappa shape index (κ2) is 18.6. The minimum atomic E-state index is 0.0810. The average Bonchev–Trinajstić information content (AvgIpc) is 2.80. The summed E-state index contributed by atoms with van der Waals surface area (Å²) in [5.41, 5.74) is 0. The Balaban J connectivity index is 0.00000212. The molecule has 31 heavy (non-hydrogen) atoms. The van der Waals surface area contributed by atoms with Gasteiger partial charge in [0.15, 0.2) is 0 Å². The third kappa shape index (κ3) is 12.6. The van der Waals surface area contributed by atoms with Crippen molar-refractivity contribution < 1.29 is 19.1 Å². The van der Waals surface area contributed by atoms with Crippen LogP contribution in [0.4, 0.5) is 0 Å². The van der Waals surface area contributed by atoms with Crippen LogP contribution in [0.2, 0.25) is 0 Å². The van der Waals surface area contributed by atoms with Crippen LogP contribution in [0.25, 0.3) is 0 Å². The molecule has 2 fully saturated rings. The summed E-state index contributed by atoms with van der Waals surface area (Å²) >= 11 is 0. The monoisotopic (exact) mass is 441 g/mol. The van der Waals surface area contributed by atoms with E-state index in [1.807, 2.05) is 41.5 Å². The molecule has 5 heteroatoms. The molecule has 0 spiro atoms. The lowest BCUT2D eigenvalue weighted by molar-refractivity contribution is -0.127. The number of Topliss-reactive ketones (excluding diaryl/α,β-unsaturated/α-hetero) is 1. The van der Waals surface area contributed by atoms with Crippen LogP contribution in [0.3, 0.4) is 0 Å². The van der Waals surface area contributed by atoms with E-state index in [9.17, 15) is 9.59 Å². The van der Waals surface area contributed by atoms with Crippen LogP contribution >= 0.6 is 0 Å². The summed E-state index contributed by atoms with van der Waals surface area (Å²) in [6.07, 6.45) is 8.95. The van der Waals surface area contributed by atoms with Crippen molar-refractivity contribution in [3.05, 3.63) is 0 Å². The standard InChI is InChI=1S/C22H39NO4.2C2H6/c1-16(2)22(25)19-8-10-20(11-9-19)23-21(24)12-13-27-15-18-6-4-17(5-7-18)14-26-3;2*1-2/h16-20H,4-15H2,1-3H3,(H,23,24);2*1-2H3. The number of carbonyl (C=O) groups is 2. The van der Waals surface area contributed by atoms with Crippen LogP contribution in [-0.2, 0) is 19.1 Å². The van der Waals surface area contributed by atoms with E-state index >= 15 is 0 Å². The van der Waals surface area contributed by atoms with Crippen LogP contribution in [-0.4, -0.2) is 44.7 Å². The molecule has 0 aromatic heterocycles. The number of ether oxygens (including phenoxy) is 2. The van der Waals surface area contributed by atoms with Crippen LogP contribution < -0.4 is 5.32 Å². The zero-order valence-electron chi connectivity index (χ0n) is 21.5. The number of ketones is 1. The van der Waals surface area contributed by atoms with Gasteiger partial charge in [0.25, 0.3) is 0 Å². The molecule has 0 saturated heterocycles. The van der Waals surface area contributed by atoms with Gasteiger partial charge in [0.2, 0.25) is 5.91 Å². The fourth-order valence-corrected chi connectivity index (χ4v) is 4.51. The highest BCUT2D eigenvalue weighted by molar-refractivity contribution is 5.83. The average molecular weight is 442 g/mol. The van der Waals surface area contributed by atoms with Gasteiger partial charge in [-0.15, -0.1) is 0 Å². The lowest BCUT2D eigenvalue weighted by Crippen LogP contribution is -2.39. The maximum atomic E-state index is 12.1. The zero-order chi connectivity index (χ0) is 23.6. The van der Waals surface area contributed by atoms with Gasteiger partial charge in [-0.05, 0) is 63.2 Å². The molecule has 1 N–H and O–H groups in total. The van der Waals surface area contributed by atoms with E-state index in [1.54, 1.807) is 7.11 Å². The van der Waals surface area contributed by atoms with E-state index in [0.717, 1.165) is 38.9 Å². The van der Waals surface area contributed by atoms with Crippen LogP contribution in [0, 0.1) is 23.7 Å². The Morgan fingerprint density at radius 2 is 1.35 bits per heavy atom. The summed E-state index contributed by atoms with van der Waals surface area (Å²) in [5.74, 6) is 2.12. The van der Waals surface area contributed by atoms with E-state index in [2.05, 4.69) is 5.32 Å². The summed E-state index contributed by atoms with van der Waals surface area (Å²) in [6, 6.07) is 0.227. The highest BCUT2D eigenvalue weighted by atomic mass is 16.5. The Bertz CT molecular complexity index is 450. The molecule has 2 saturated carbocycles. The molecule has 0 radical (unpaired) electrons. The van der Waals surface area contributed by atoms with E-state index < -0.39 is 0 Å². The fraction of sp³-hybridized carbons (Fsp3) is 0.923. The Morgan fingerprint density at radius 1 is 0.839 bits per heavy atom. The van der Waals surface area contributed by atoms with Crippen LogP contribution in [0.15, 0.2) is 0 Å². The highest BCUT2D eigenvalue weighted by Gasteiger charge is 2.28. The van der Waals surface area contributed by atoms with Crippen molar-refractivity contribution in [2.24, 2.45) is 23.7 Å². The molecule has 5 nitrogen and oxygen atoms in total. The first-order chi connectivity index (χ1) is 15.0. The van der Waals surface area contributed by atoms with Gasteiger partial charge < -0.3 is 14.8 Å². The first-order valence-electron chi connectivity index (χ1n) is 12.9. The zero-order valence-corrected chi connectivity index (χ0v) is 21.5. The largest absolute Gasteiger partial charge is 0.384 e. The molecule has 0 heterocycles. The molecule has 2 aliphatic rings. The quantitative estimate of drug-likeness (QED) is 0.435. The van der Waals surface area contributed by atoms with Crippen molar-refractivity contribution in [2.75, 3.05) is 26.9 Å². The summed E-state index contributed by atoms with van der Waals surface area (Å²) < 4.78 is 11.0. The third-order valence-electron chi connectivity index (χ3n) is 6.26. The maximum Gasteiger partial charge on any atom is 0.222 e. The van der Waals surface area contributed by atoms with E-state index in [1.165, 1.54) is 25.7 Å². The van der Waals surface area contributed by atoms with E-state index in [0.29, 0.717) is 30.6 Å². The van der Waals surface area contributed by atoms with E-state index in [-0.39, 0.29) is 23.8 Å². The lowest BCUT2D eigenvalue weighted by atomic mass is 9.80. The number of nitrogens with one attached hydrogen (secondary N) is 1. The number of hydrogen-bond acceptors (Lipinski definition) is 4. The molecule has 2 rings (SSSR count). The predicted octanol–water partition coefficient (Wildman–Crippen LogP) is 5.80. The fourth-order valence-electron chi connectivity index (χ4n) is 4.51. The van der Waals surface area contributed by atoms with Crippen LogP contribution in [0.5, 0.6) is 0 Å². The molecule has 0 unspecified atom stereocenters. The topological polar surface area (TPSA) is 64.6 Å². The summed E-state index contributed by atoms with van der Waals surface area (Å²) in [7, 11) is 1.77. The SMILES string of the molecule is CC.CC.COCC1CCC(COCCC(=O)NC2CCC(C(=O)C(C)C)CC2)CC1. The van der Waals surface area contributed by atoms with Gasteiger partial charge in [-0.25, -0.2) is 0 Å². The van der Waals surface area contributed by atoms with Crippen molar-refractivity contribution in [3.63, 3.8) is 0 Å². The van der Waals surface area contributed by atoms with Gasteiger partial charge in [0, 0.05) is 44.6 Å². The second-order valence-corrected chi connectivity index (χ2v) is 8.84. The first kappa shape index (κ1) is 30.1. The Morgan fingerprint density at radius 3 is 1.84 bits per heavy atom. The van der Waals surface area contributed by atoms with Crippen molar-refractivity contribution in [2.45, 2.75) is 105 Å². The van der Waals surface area contributed by atoms with Crippen LogP contribution in [0.1, 0.15) is 99.3 Å². The predicted molar refractivity (Wildman–Crippen MR) is 129 cm³/mol. The number of hydrogen-bond donors (Lipinski definition) is 1. The molecule has 0 aromatic rings. The molecular weight excluding hydrogens is 390 g/mol. The number of methoxy groups -OCH3 is 1. The summed E-state index contributed by atoms with van der Waals surface area (Å²) in [4.78, 5) is 24.2. The normalized spacial score (nSPS) is 25.5. The van der Waals surface area contributed by atoms with E-state index in [4.69, 9.17) is 9.47 Å². The van der Waals surface area contributed by atoms with Gasteiger partial charge in [0.1, 0.15) is 5.78 Å². The third-order valence-corrected chi connectivity index (χ3v) is 6.26. The smallest absolute Gasteiger partial charge is 0.222 e. The summed E-state index contributed by atoms with van der Waals surface area (Å²) in [5, 5.41) is 3.12. The molecule has 0 aliphatic heterocycles. The van der Waals surface area contributed by atoms with Crippen molar-refractivity contribution in [1.82, 2.24) is 5.32 Å². The van der Waals surface area contributed by atoms with Gasteiger partial charge in [-0.3, -0.25) is 9.59 Å². The minimum Gasteiger partial charge on any atom is -0.384 e. The van der Waals surface area contributed by atoms with Crippen molar-refractivity contribution in [3.8, 4) is 0 Å². The van der Waals surface area contributed by atoms with Gasteiger partial charge in [-0.2, -0.15) is 0 Å². The minimum absolute atomic E-state index is 0.0810. The first-order valence-corrected chi connectivity index (χ1v) is 12.9. The Labute approximate surface area is 192 Å². The van der Waals surface area contributed by atoms with Gasteiger partial charge >= 0.3 is 0 Å². The lowest BCUT2D eigenvalue weighted by Gasteiger charge is -2.29. The molecule has 1 amide bonds. The molecule has 184 valence electrons. The molecule has 2 aliphatic carbocycles. The van der Waals surface area contributed by atoms with Crippen molar-refractivity contribution >= 4 is 11.7 Å². The number of rotatable bonds is 10. The molecule has 0 atom stereocenters. The number of amides is 1. The maximum absolute atomic E-state index is 12.1. The molecule has 0 bridgehead atoms. The Hall–Kier alpha value is -0.940. The summed E-state index contributed by atoms with van der Waals surface area (Å²) in [6.45, 7) is 14.1. The van der Waals surface area contributed by atoms with Gasteiger partial charge in [-0.1, -0.05) is 41.5 Å². The highest BCUT2D eigenvalue weighted by Crippen LogP contribution is 2.29. The Kier molecular flexibility index (Phi) is 18.0. The van der Waals surface area contributed by atoms with Gasteiger partial charge in [0.05, 0.1) is 6.61 Å². The molecular formula is C26H51NO4. The van der Waals surface area contributed by atoms with Crippen molar-refractivity contribution in [1.29, 1.82) is 0 Å². The second-order valence-electron chi connectivity index (χ2n) is 8.84. The molecule has 0 aromatic carbocycles. The number of carbonyl (C=O) groups excluding carboxylic acids is 2.